The van der Waals surface area contributed by atoms with Gasteiger partial charge in [-0.15, -0.1) is 0 Å². The van der Waals surface area contributed by atoms with Crippen LogP contribution in [0.25, 0.3) is 0 Å². The number of hydroxylamine groups is 1. The molecule has 0 bridgehead atoms. The van der Waals surface area contributed by atoms with Crippen molar-refractivity contribution in [3.63, 3.8) is 0 Å². The molecule has 2 atom stereocenters. The number of methoxy groups -OCH3 is 1. The van der Waals surface area contributed by atoms with E-state index in [1.807, 2.05) is 0 Å². The highest BCUT2D eigenvalue weighted by atomic mass is 79.9. The van der Waals surface area contributed by atoms with Gasteiger partial charge in [0.1, 0.15) is 5.75 Å². The van der Waals surface area contributed by atoms with Crippen molar-refractivity contribution in [2.24, 2.45) is 0 Å². The molecule has 2 rings (SSSR count). The van der Waals surface area contributed by atoms with Crippen LogP contribution in [0.15, 0.2) is 63.6 Å². The molecule has 166 valence electrons. The first-order valence-electron chi connectivity index (χ1n) is 9.19. The zero-order chi connectivity index (χ0) is 22.8. The van der Waals surface area contributed by atoms with E-state index in [4.69, 9.17) is 14.7 Å². The maximum atomic E-state index is 12.6. The van der Waals surface area contributed by atoms with Crippen LogP contribution in [0.1, 0.15) is 24.5 Å². The maximum Gasteiger partial charge on any atom is 0.412 e. The molecule has 0 radical (unpaired) electrons. The number of hydrogen-bond acceptors (Lipinski definition) is 6. The average molecular weight is 558 g/mol. The van der Waals surface area contributed by atoms with E-state index < -0.39 is 24.2 Å². The molecule has 0 fully saturated rings. The third-order valence-corrected chi connectivity index (χ3v) is 5.28. The van der Waals surface area contributed by atoms with Crippen molar-refractivity contribution in [2.45, 2.75) is 25.0 Å². The predicted molar refractivity (Wildman–Crippen MR) is 122 cm³/mol. The maximum absolute atomic E-state index is 12.6. The van der Waals surface area contributed by atoms with E-state index in [-0.39, 0.29) is 5.75 Å². The Bertz CT molecular complexity index is 921. The Kier molecular flexibility index (Phi) is 9.99. The topological polar surface area (TPSA) is 117 Å². The van der Waals surface area contributed by atoms with E-state index in [1.54, 1.807) is 42.5 Å². The number of rotatable bonds is 9. The number of phenols is 1. The van der Waals surface area contributed by atoms with Gasteiger partial charge in [0, 0.05) is 33.4 Å². The third-order valence-electron chi connectivity index (χ3n) is 4.26. The molecule has 0 unspecified atom stereocenters. The number of anilines is 1. The van der Waals surface area contributed by atoms with Crippen molar-refractivity contribution in [1.82, 2.24) is 5.48 Å². The fourth-order valence-corrected chi connectivity index (χ4v) is 3.41. The minimum Gasteiger partial charge on any atom is -0.508 e. The molecule has 0 aliphatic heterocycles. The molecule has 0 spiro atoms. The number of benzene rings is 2. The van der Waals surface area contributed by atoms with E-state index in [0.717, 1.165) is 4.47 Å². The van der Waals surface area contributed by atoms with Crippen LogP contribution in [0, 0.1) is 0 Å². The minimum atomic E-state index is -0.932. The lowest BCUT2D eigenvalue weighted by Crippen LogP contribution is -2.28. The summed E-state index contributed by atoms with van der Waals surface area (Å²) in [5.41, 5.74) is 2.41. The first-order valence-corrected chi connectivity index (χ1v) is 10.8. The number of nitrogens with one attached hydrogen (secondary N) is 2. The molecule has 0 saturated carbocycles. The summed E-state index contributed by atoms with van der Waals surface area (Å²) in [4.78, 5) is 23.7. The summed E-state index contributed by atoms with van der Waals surface area (Å²) < 4.78 is 12.7. The van der Waals surface area contributed by atoms with Gasteiger partial charge in [0.25, 0.3) is 5.91 Å². The van der Waals surface area contributed by atoms with Crippen LogP contribution in [-0.4, -0.2) is 35.5 Å². The zero-order valence-corrected chi connectivity index (χ0v) is 19.7. The molecule has 8 nitrogen and oxygen atoms in total. The van der Waals surface area contributed by atoms with Crippen molar-refractivity contribution in [3.05, 3.63) is 69.1 Å². The van der Waals surface area contributed by atoms with Crippen LogP contribution in [-0.2, 0) is 14.3 Å². The summed E-state index contributed by atoms with van der Waals surface area (Å²) >= 11 is 6.69. The van der Waals surface area contributed by atoms with Crippen molar-refractivity contribution < 1.29 is 29.4 Å². The zero-order valence-electron chi connectivity index (χ0n) is 16.5. The number of carbonyl (C=O) groups is 2. The van der Waals surface area contributed by atoms with Gasteiger partial charge >= 0.3 is 6.09 Å². The number of carbonyl (C=O) groups excluding carboxylic acids is 2. The molecule has 2 aromatic rings. The van der Waals surface area contributed by atoms with Gasteiger partial charge in [-0.3, -0.25) is 15.3 Å². The van der Waals surface area contributed by atoms with E-state index >= 15 is 0 Å². The second-order valence-electron chi connectivity index (χ2n) is 6.39. The second kappa shape index (κ2) is 12.5. The van der Waals surface area contributed by atoms with Crippen molar-refractivity contribution in [3.8, 4) is 5.75 Å². The van der Waals surface area contributed by atoms with Crippen LogP contribution in [0.2, 0.25) is 0 Å². The molecule has 2 amide bonds. The number of amides is 2. The van der Waals surface area contributed by atoms with Gasteiger partial charge < -0.3 is 14.6 Å². The Morgan fingerprint density at radius 1 is 1.13 bits per heavy atom. The summed E-state index contributed by atoms with van der Waals surface area (Å²) in [5.74, 6) is -0.706. The molecule has 0 aromatic heterocycles. The van der Waals surface area contributed by atoms with E-state index in [9.17, 15) is 14.7 Å². The molecule has 2 aromatic carbocycles. The normalized spacial score (nSPS) is 12.9. The first kappa shape index (κ1) is 24.9. The van der Waals surface area contributed by atoms with Gasteiger partial charge in [0.15, 0.2) is 6.10 Å². The summed E-state index contributed by atoms with van der Waals surface area (Å²) in [7, 11) is 1.47. The van der Waals surface area contributed by atoms with Crippen LogP contribution < -0.4 is 10.8 Å². The standard InChI is InChI=1S/C21H22Br2N2O6/c1-30-18(4-2-3-5-19(27)25-29)20(16-12-14(23)8-11-17(16)26)31-21(28)24-15-9-6-13(22)7-10-15/h3,5-12,18,20,26,29H,2,4H2,1H3,(H,24,28)(H,25,27)/b5-3+/t18-,20-/m1/s1. The number of phenolic OH excluding ortho intramolecular Hbond substituents is 1. The summed E-state index contributed by atoms with van der Waals surface area (Å²) in [6, 6.07) is 11.8. The minimum absolute atomic E-state index is 0.0538. The van der Waals surface area contributed by atoms with Crippen molar-refractivity contribution >= 4 is 49.5 Å². The lowest BCUT2D eigenvalue weighted by atomic mass is 9.99. The Morgan fingerprint density at radius 3 is 2.45 bits per heavy atom. The van der Waals surface area contributed by atoms with Gasteiger partial charge in [-0.1, -0.05) is 37.9 Å². The number of ether oxygens (including phenoxy) is 2. The largest absolute Gasteiger partial charge is 0.508 e. The Balaban J connectivity index is 2.21. The third kappa shape index (κ3) is 7.98. The average Bonchev–Trinajstić information content (AvgIpc) is 2.75. The fourth-order valence-electron chi connectivity index (χ4n) is 2.77. The molecule has 31 heavy (non-hydrogen) atoms. The molecular weight excluding hydrogens is 536 g/mol. The molecule has 0 heterocycles. The van der Waals surface area contributed by atoms with Crippen LogP contribution >= 0.6 is 31.9 Å². The number of allylic oxidation sites excluding steroid dienone is 1. The molecular formula is C21H22Br2N2O6. The summed E-state index contributed by atoms with van der Waals surface area (Å²) in [6.45, 7) is 0. The molecule has 10 heteroatoms. The van der Waals surface area contributed by atoms with Crippen molar-refractivity contribution in [2.75, 3.05) is 12.4 Å². The molecule has 0 saturated heterocycles. The number of aromatic hydroxyl groups is 1. The highest BCUT2D eigenvalue weighted by molar-refractivity contribution is 9.10. The van der Waals surface area contributed by atoms with Crippen molar-refractivity contribution in [1.29, 1.82) is 0 Å². The monoisotopic (exact) mass is 556 g/mol. The molecule has 0 aliphatic rings. The summed E-state index contributed by atoms with van der Waals surface area (Å²) in [6.07, 6.45) is 1.22. The van der Waals surface area contributed by atoms with Gasteiger partial charge in [0.2, 0.25) is 0 Å². The van der Waals surface area contributed by atoms with Gasteiger partial charge in [-0.05, 0) is 55.3 Å². The van der Waals surface area contributed by atoms with Gasteiger partial charge in [-0.25, -0.2) is 10.3 Å². The first-order chi connectivity index (χ1) is 14.8. The van der Waals surface area contributed by atoms with Crippen LogP contribution in [0.5, 0.6) is 5.75 Å². The van der Waals surface area contributed by atoms with Gasteiger partial charge in [-0.2, -0.15) is 0 Å². The molecule has 4 N–H and O–H groups in total. The van der Waals surface area contributed by atoms with E-state index in [0.29, 0.717) is 28.6 Å². The fraction of sp³-hybridized carbons (Fsp3) is 0.238. The lowest BCUT2D eigenvalue weighted by Gasteiger charge is -2.27. The summed E-state index contributed by atoms with van der Waals surface area (Å²) in [5, 5.41) is 21.6. The lowest BCUT2D eigenvalue weighted by molar-refractivity contribution is -0.124. The Hall–Kier alpha value is -2.40. The van der Waals surface area contributed by atoms with Crippen LogP contribution in [0.3, 0.4) is 0 Å². The number of halogens is 2. The highest BCUT2D eigenvalue weighted by Crippen LogP contribution is 2.35. The van der Waals surface area contributed by atoms with Crippen LogP contribution in [0.4, 0.5) is 10.5 Å². The predicted octanol–water partition coefficient (Wildman–Crippen LogP) is 5.06. The quantitative estimate of drug-likeness (QED) is 0.194. The second-order valence-corrected chi connectivity index (χ2v) is 8.22. The van der Waals surface area contributed by atoms with E-state index in [2.05, 4.69) is 37.2 Å². The smallest absolute Gasteiger partial charge is 0.412 e. The SMILES string of the molecule is CO[C@H](CC/C=C/C(=O)NO)[C@H](OC(=O)Nc1ccc(Br)cc1)c1cc(Br)ccc1O. The number of hydrogen-bond donors (Lipinski definition) is 4. The Labute approximate surface area is 196 Å². The Morgan fingerprint density at radius 2 is 1.81 bits per heavy atom. The highest BCUT2D eigenvalue weighted by Gasteiger charge is 2.29. The molecule has 0 aliphatic carbocycles. The van der Waals surface area contributed by atoms with E-state index in [1.165, 1.54) is 24.7 Å². The van der Waals surface area contributed by atoms with Gasteiger partial charge in [0.05, 0.1) is 6.10 Å².